The molecule has 2 aromatic rings. The van der Waals surface area contributed by atoms with Crippen molar-refractivity contribution in [2.24, 2.45) is 0 Å². The third-order valence-corrected chi connectivity index (χ3v) is 2.72. The van der Waals surface area contributed by atoms with E-state index in [0.717, 1.165) is 6.20 Å². The van der Waals surface area contributed by atoms with Gasteiger partial charge in [-0.05, 0) is 13.8 Å². The van der Waals surface area contributed by atoms with Crippen molar-refractivity contribution >= 4 is 11.6 Å². The van der Waals surface area contributed by atoms with Gasteiger partial charge in [0, 0.05) is 6.07 Å². The van der Waals surface area contributed by atoms with Crippen LogP contribution in [-0.4, -0.2) is 31.0 Å². The summed E-state index contributed by atoms with van der Waals surface area (Å²) in [4.78, 5) is 30.0. The number of nitrogens with zero attached hydrogens (tertiary/aromatic N) is 4. The highest BCUT2D eigenvalue weighted by Gasteiger charge is 2.18. The van der Waals surface area contributed by atoms with E-state index in [1.807, 2.05) is 0 Å². The second-order valence-electron chi connectivity index (χ2n) is 4.15. The minimum atomic E-state index is -0.594. The van der Waals surface area contributed by atoms with Crippen molar-refractivity contribution in [1.82, 2.24) is 25.5 Å². The number of carbonyl (C=O) groups is 1. The lowest BCUT2D eigenvalue weighted by molar-refractivity contribution is -0.385. The van der Waals surface area contributed by atoms with Crippen LogP contribution in [0.15, 0.2) is 18.6 Å². The number of nitrogens with one attached hydrogen (secondary N) is 2. The van der Waals surface area contributed by atoms with Crippen molar-refractivity contribution in [2.75, 3.05) is 0 Å². The standard InChI is InChI=1S/C11H12N6O3/c1-6-9(3-8(4-12-6)17(19)20)11(18)15-7(2)10-13-5-14-16-10/h3-5,7H,1-2H3,(H,15,18)(H,13,14,16). The van der Waals surface area contributed by atoms with Crippen LogP contribution in [0.4, 0.5) is 5.69 Å². The third kappa shape index (κ3) is 2.76. The average molecular weight is 276 g/mol. The van der Waals surface area contributed by atoms with Crippen LogP contribution in [-0.2, 0) is 0 Å². The largest absolute Gasteiger partial charge is 0.342 e. The quantitative estimate of drug-likeness (QED) is 0.631. The Kier molecular flexibility index (Phi) is 3.69. The van der Waals surface area contributed by atoms with Gasteiger partial charge in [-0.1, -0.05) is 0 Å². The molecule has 0 bridgehead atoms. The molecule has 1 atom stereocenters. The second kappa shape index (κ2) is 5.43. The van der Waals surface area contributed by atoms with Gasteiger partial charge >= 0.3 is 0 Å². The Morgan fingerprint density at radius 3 is 2.85 bits per heavy atom. The van der Waals surface area contributed by atoms with Gasteiger partial charge in [0.2, 0.25) is 0 Å². The number of hydrogen-bond donors (Lipinski definition) is 2. The highest BCUT2D eigenvalue weighted by molar-refractivity contribution is 5.95. The fraction of sp³-hybridized carbons (Fsp3) is 0.273. The maximum Gasteiger partial charge on any atom is 0.288 e. The Morgan fingerprint density at radius 1 is 1.50 bits per heavy atom. The average Bonchev–Trinajstić information content (AvgIpc) is 2.92. The molecule has 20 heavy (non-hydrogen) atoms. The molecule has 0 aliphatic carbocycles. The van der Waals surface area contributed by atoms with Crippen molar-refractivity contribution < 1.29 is 9.72 Å². The SMILES string of the molecule is Cc1ncc([N+](=O)[O-])cc1C(=O)NC(C)c1ncn[nH]1. The van der Waals surface area contributed by atoms with E-state index >= 15 is 0 Å². The number of pyridine rings is 1. The number of aromatic nitrogens is 4. The molecule has 2 aromatic heterocycles. The lowest BCUT2D eigenvalue weighted by Gasteiger charge is -2.11. The summed E-state index contributed by atoms with van der Waals surface area (Å²) in [5.74, 6) is 0.0389. The maximum absolute atomic E-state index is 12.1. The molecule has 0 saturated heterocycles. The van der Waals surface area contributed by atoms with E-state index in [2.05, 4.69) is 25.5 Å². The zero-order valence-electron chi connectivity index (χ0n) is 10.8. The fourth-order valence-corrected chi connectivity index (χ4v) is 1.62. The Morgan fingerprint density at radius 2 is 2.25 bits per heavy atom. The molecule has 9 heteroatoms. The van der Waals surface area contributed by atoms with E-state index < -0.39 is 16.9 Å². The van der Waals surface area contributed by atoms with Crippen LogP contribution >= 0.6 is 0 Å². The molecule has 0 aliphatic rings. The molecule has 1 unspecified atom stereocenters. The summed E-state index contributed by atoms with van der Waals surface area (Å²) in [5.41, 5.74) is 0.344. The van der Waals surface area contributed by atoms with E-state index in [1.54, 1.807) is 13.8 Å². The molecule has 2 heterocycles. The van der Waals surface area contributed by atoms with Crippen LogP contribution in [0.2, 0.25) is 0 Å². The molecule has 0 saturated carbocycles. The molecule has 0 aliphatic heterocycles. The molecule has 0 aromatic carbocycles. The third-order valence-electron chi connectivity index (χ3n) is 2.72. The molecule has 104 valence electrons. The highest BCUT2D eigenvalue weighted by Crippen LogP contribution is 2.16. The van der Waals surface area contributed by atoms with Gasteiger partial charge in [-0.3, -0.25) is 25.0 Å². The first-order chi connectivity index (χ1) is 9.49. The normalized spacial score (nSPS) is 11.9. The summed E-state index contributed by atoms with van der Waals surface area (Å²) >= 11 is 0. The smallest absolute Gasteiger partial charge is 0.288 e. The van der Waals surface area contributed by atoms with Crippen molar-refractivity contribution in [2.45, 2.75) is 19.9 Å². The lowest BCUT2D eigenvalue weighted by atomic mass is 10.1. The number of carbonyl (C=O) groups excluding carboxylic acids is 1. The maximum atomic E-state index is 12.1. The molecule has 0 fully saturated rings. The van der Waals surface area contributed by atoms with E-state index in [9.17, 15) is 14.9 Å². The monoisotopic (exact) mass is 276 g/mol. The minimum Gasteiger partial charge on any atom is -0.342 e. The molecule has 0 radical (unpaired) electrons. The van der Waals surface area contributed by atoms with Crippen molar-refractivity contribution in [3.05, 3.63) is 45.8 Å². The first kappa shape index (κ1) is 13.6. The highest BCUT2D eigenvalue weighted by atomic mass is 16.6. The Labute approximate surface area is 113 Å². The first-order valence-corrected chi connectivity index (χ1v) is 5.76. The van der Waals surface area contributed by atoms with Crippen LogP contribution in [0, 0.1) is 17.0 Å². The van der Waals surface area contributed by atoms with Gasteiger partial charge in [-0.2, -0.15) is 5.10 Å². The topological polar surface area (TPSA) is 127 Å². The van der Waals surface area contributed by atoms with E-state index in [-0.39, 0.29) is 11.3 Å². The number of aromatic amines is 1. The number of rotatable bonds is 4. The van der Waals surface area contributed by atoms with Crippen molar-refractivity contribution in [3.63, 3.8) is 0 Å². The molecular weight excluding hydrogens is 264 g/mol. The van der Waals surface area contributed by atoms with Gasteiger partial charge in [0.25, 0.3) is 11.6 Å². The molecule has 9 nitrogen and oxygen atoms in total. The van der Waals surface area contributed by atoms with Crippen molar-refractivity contribution in [3.8, 4) is 0 Å². The van der Waals surface area contributed by atoms with Gasteiger partial charge in [0.15, 0.2) is 0 Å². The number of amides is 1. The Balaban J connectivity index is 2.20. The zero-order valence-corrected chi connectivity index (χ0v) is 10.8. The molecular formula is C11H12N6O3. The summed E-state index contributed by atoms with van der Waals surface area (Å²) in [7, 11) is 0. The Bertz CT molecular complexity index is 640. The second-order valence-corrected chi connectivity index (χ2v) is 4.15. The summed E-state index contributed by atoms with van der Waals surface area (Å²) < 4.78 is 0. The van der Waals surface area contributed by atoms with E-state index in [4.69, 9.17) is 0 Å². The van der Waals surface area contributed by atoms with E-state index in [1.165, 1.54) is 12.4 Å². The fourth-order valence-electron chi connectivity index (χ4n) is 1.62. The van der Waals surface area contributed by atoms with E-state index in [0.29, 0.717) is 11.5 Å². The molecule has 2 N–H and O–H groups in total. The van der Waals surface area contributed by atoms with Crippen LogP contribution < -0.4 is 5.32 Å². The zero-order chi connectivity index (χ0) is 14.7. The van der Waals surface area contributed by atoms with Crippen molar-refractivity contribution in [1.29, 1.82) is 0 Å². The molecule has 0 spiro atoms. The summed E-state index contributed by atoms with van der Waals surface area (Å²) in [5, 5.41) is 19.7. The van der Waals surface area contributed by atoms with Gasteiger partial charge in [0.05, 0.1) is 22.2 Å². The van der Waals surface area contributed by atoms with Gasteiger partial charge in [0.1, 0.15) is 18.3 Å². The van der Waals surface area contributed by atoms with Crippen LogP contribution in [0.3, 0.4) is 0 Å². The molecule has 2 rings (SSSR count). The minimum absolute atomic E-state index is 0.158. The summed E-state index contributed by atoms with van der Waals surface area (Å²) in [6.07, 6.45) is 2.45. The lowest BCUT2D eigenvalue weighted by Crippen LogP contribution is -2.28. The van der Waals surface area contributed by atoms with Gasteiger partial charge in [-0.25, -0.2) is 4.98 Å². The van der Waals surface area contributed by atoms with Crippen LogP contribution in [0.25, 0.3) is 0 Å². The van der Waals surface area contributed by atoms with Gasteiger partial charge < -0.3 is 5.32 Å². The number of H-pyrrole nitrogens is 1. The summed E-state index contributed by atoms with van der Waals surface area (Å²) in [6, 6.07) is 0.800. The first-order valence-electron chi connectivity index (χ1n) is 5.76. The number of hydrogen-bond acceptors (Lipinski definition) is 6. The Hall–Kier alpha value is -2.84. The van der Waals surface area contributed by atoms with Gasteiger partial charge in [-0.15, -0.1) is 0 Å². The predicted octanol–water partition coefficient (Wildman–Crippen LogP) is 0.907. The summed E-state index contributed by atoms with van der Waals surface area (Å²) in [6.45, 7) is 3.33. The predicted molar refractivity (Wildman–Crippen MR) is 67.9 cm³/mol. The number of nitro groups is 1. The van der Waals surface area contributed by atoms with Crippen LogP contribution in [0.1, 0.15) is 34.8 Å². The number of aryl methyl sites for hydroxylation is 1. The van der Waals surface area contributed by atoms with Crippen LogP contribution in [0.5, 0.6) is 0 Å². The molecule has 1 amide bonds.